The van der Waals surface area contributed by atoms with Crippen molar-refractivity contribution >= 4 is 22.8 Å². The Morgan fingerprint density at radius 1 is 1.25 bits per heavy atom. The summed E-state index contributed by atoms with van der Waals surface area (Å²) >= 11 is 1.40. The van der Waals surface area contributed by atoms with E-state index < -0.39 is 5.97 Å². The van der Waals surface area contributed by atoms with E-state index >= 15 is 0 Å². The predicted molar refractivity (Wildman–Crippen MR) is 81.3 cm³/mol. The Morgan fingerprint density at radius 2 is 1.90 bits per heavy atom. The van der Waals surface area contributed by atoms with Crippen molar-refractivity contribution < 1.29 is 19.4 Å². The molecular formula is C14H19NO4S. The molecule has 1 aromatic carbocycles. The number of carbonyl (C=O) groups is 1. The van der Waals surface area contributed by atoms with Crippen LogP contribution in [-0.2, 0) is 4.79 Å². The summed E-state index contributed by atoms with van der Waals surface area (Å²) in [6.45, 7) is 4.65. The lowest BCUT2D eigenvalue weighted by Gasteiger charge is -2.12. The lowest BCUT2D eigenvalue weighted by atomic mass is 10.2. The summed E-state index contributed by atoms with van der Waals surface area (Å²) in [7, 11) is 0. The predicted octanol–water partition coefficient (Wildman–Crippen LogP) is 2.68. The van der Waals surface area contributed by atoms with Crippen molar-refractivity contribution in [1.82, 2.24) is 0 Å². The maximum absolute atomic E-state index is 10.6. The number of carboxylic acids is 1. The third-order valence-corrected chi connectivity index (χ3v) is 3.09. The van der Waals surface area contributed by atoms with Gasteiger partial charge in [-0.3, -0.25) is 9.79 Å². The van der Waals surface area contributed by atoms with Crippen molar-refractivity contribution in [2.45, 2.75) is 13.8 Å². The fourth-order valence-corrected chi connectivity index (χ4v) is 2.15. The Kier molecular flexibility index (Phi) is 6.93. The Bertz CT molecular complexity index is 488. The molecule has 0 atom stereocenters. The van der Waals surface area contributed by atoms with Gasteiger partial charge in [0.2, 0.25) is 0 Å². The second-order valence-electron chi connectivity index (χ2n) is 3.75. The number of aliphatic carboxylic acids is 1. The molecular weight excluding hydrogens is 278 g/mol. The van der Waals surface area contributed by atoms with E-state index in [2.05, 4.69) is 4.99 Å². The van der Waals surface area contributed by atoms with E-state index in [1.54, 1.807) is 0 Å². The van der Waals surface area contributed by atoms with Crippen LogP contribution in [0.3, 0.4) is 0 Å². The summed E-state index contributed by atoms with van der Waals surface area (Å²) < 4.78 is 11.0. The van der Waals surface area contributed by atoms with Crippen LogP contribution in [0.4, 0.5) is 0 Å². The first-order chi connectivity index (χ1) is 9.62. The lowest BCUT2D eigenvalue weighted by molar-refractivity contribution is -0.135. The third kappa shape index (κ3) is 4.77. The normalized spacial score (nSPS) is 11.2. The van der Waals surface area contributed by atoms with Crippen LogP contribution in [-0.4, -0.2) is 42.1 Å². The van der Waals surface area contributed by atoms with E-state index in [0.29, 0.717) is 29.8 Å². The molecule has 0 saturated heterocycles. The molecule has 110 valence electrons. The lowest BCUT2D eigenvalue weighted by Crippen LogP contribution is -2.05. The van der Waals surface area contributed by atoms with Gasteiger partial charge in [-0.2, -0.15) is 0 Å². The molecule has 1 aromatic rings. The zero-order valence-electron chi connectivity index (χ0n) is 11.9. The molecule has 0 spiro atoms. The average molecular weight is 297 g/mol. The van der Waals surface area contributed by atoms with Crippen molar-refractivity contribution in [2.75, 3.05) is 26.0 Å². The molecule has 20 heavy (non-hydrogen) atoms. The van der Waals surface area contributed by atoms with Crippen LogP contribution in [0.1, 0.15) is 19.4 Å². The molecule has 0 heterocycles. The highest BCUT2D eigenvalue weighted by Crippen LogP contribution is 2.29. The van der Waals surface area contributed by atoms with Crippen LogP contribution < -0.4 is 9.47 Å². The first kappa shape index (κ1) is 16.4. The number of hydrogen-bond donors (Lipinski definition) is 1. The van der Waals surface area contributed by atoms with Crippen LogP contribution in [0.15, 0.2) is 23.2 Å². The molecule has 6 heteroatoms. The molecule has 0 aliphatic heterocycles. The Morgan fingerprint density at radius 3 is 2.45 bits per heavy atom. The van der Waals surface area contributed by atoms with Crippen molar-refractivity contribution in [3.8, 4) is 11.5 Å². The smallest absolute Gasteiger partial charge is 0.325 e. The van der Waals surface area contributed by atoms with Crippen LogP contribution in [0.5, 0.6) is 11.5 Å². The maximum Gasteiger partial charge on any atom is 0.325 e. The zero-order valence-corrected chi connectivity index (χ0v) is 12.7. The number of nitrogens with zero attached hydrogens (tertiary/aromatic N) is 1. The fraction of sp³-hybridized carbons (Fsp3) is 0.429. The van der Waals surface area contributed by atoms with Gasteiger partial charge in [-0.25, -0.2) is 0 Å². The topological polar surface area (TPSA) is 68.1 Å². The van der Waals surface area contributed by atoms with E-state index in [9.17, 15) is 4.79 Å². The molecule has 0 amide bonds. The highest BCUT2D eigenvalue weighted by atomic mass is 32.2. The van der Waals surface area contributed by atoms with Crippen LogP contribution in [0.25, 0.3) is 0 Å². The minimum absolute atomic E-state index is 0.243. The molecule has 0 bridgehead atoms. The van der Waals surface area contributed by atoms with Gasteiger partial charge in [0.15, 0.2) is 11.5 Å². The van der Waals surface area contributed by atoms with Gasteiger partial charge in [-0.05, 0) is 38.3 Å². The number of aliphatic imine (C=N–C) groups is 1. The number of benzene rings is 1. The number of carboxylic acid groups (broad SMARTS) is 1. The summed E-state index contributed by atoms with van der Waals surface area (Å²) in [6.07, 6.45) is 1.86. The molecule has 0 aliphatic carbocycles. The van der Waals surface area contributed by atoms with Gasteiger partial charge >= 0.3 is 5.97 Å². The second kappa shape index (κ2) is 8.47. The molecule has 1 rings (SSSR count). The summed E-state index contributed by atoms with van der Waals surface area (Å²) in [5.74, 6) is 0.369. The SMILES string of the molecule is CCOc1ccc(C(=NCC(=O)O)SC)cc1OCC. The Hall–Kier alpha value is -1.69. The summed E-state index contributed by atoms with van der Waals surface area (Å²) in [5.41, 5.74) is 0.825. The van der Waals surface area contributed by atoms with Crippen molar-refractivity contribution in [3.63, 3.8) is 0 Å². The highest BCUT2D eigenvalue weighted by Gasteiger charge is 2.10. The second-order valence-corrected chi connectivity index (χ2v) is 4.54. The maximum atomic E-state index is 10.6. The summed E-state index contributed by atoms with van der Waals surface area (Å²) in [6, 6.07) is 5.49. The van der Waals surface area contributed by atoms with Crippen molar-refractivity contribution in [3.05, 3.63) is 23.8 Å². The quantitative estimate of drug-likeness (QED) is 0.619. The summed E-state index contributed by atoms with van der Waals surface area (Å²) in [4.78, 5) is 14.7. The molecule has 5 nitrogen and oxygen atoms in total. The molecule has 0 unspecified atom stereocenters. The van der Waals surface area contributed by atoms with E-state index in [1.165, 1.54) is 11.8 Å². The van der Waals surface area contributed by atoms with Gasteiger partial charge in [0.25, 0.3) is 0 Å². The monoisotopic (exact) mass is 297 g/mol. The van der Waals surface area contributed by atoms with Crippen molar-refractivity contribution in [1.29, 1.82) is 0 Å². The number of ether oxygens (including phenoxy) is 2. The molecule has 0 fully saturated rings. The summed E-state index contributed by atoms with van der Waals surface area (Å²) in [5, 5.41) is 9.36. The Balaban J connectivity index is 3.07. The van der Waals surface area contributed by atoms with Crippen LogP contribution in [0, 0.1) is 0 Å². The fourth-order valence-electron chi connectivity index (χ4n) is 1.60. The average Bonchev–Trinajstić information content (AvgIpc) is 2.42. The van der Waals surface area contributed by atoms with E-state index in [4.69, 9.17) is 14.6 Å². The standard InChI is InChI=1S/C14H19NO4S/c1-4-18-11-7-6-10(8-12(11)19-5-2)14(20-3)15-9-13(16)17/h6-8H,4-5,9H2,1-3H3,(H,16,17). The molecule has 0 radical (unpaired) electrons. The van der Waals surface area contributed by atoms with Gasteiger partial charge in [0.05, 0.1) is 18.3 Å². The zero-order chi connectivity index (χ0) is 15.0. The largest absolute Gasteiger partial charge is 0.490 e. The van der Waals surface area contributed by atoms with Gasteiger partial charge in [0.1, 0.15) is 6.54 Å². The number of thioether (sulfide) groups is 1. The molecule has 1 N–H and O–H groups in total. The van der Waals surface area contributed by atoms with E-state index in [1.807, 2.05) is 38.3 Å². The van der Waals surface area contributed by atoms with Crippen LogP contribution in [0.2, 0.25) is 0 Å². The number of hydrogen-bond acceptors (Lipinski definition) is 5. The number of rotatable bonds is 7. The molecule has 0 aromatic heterocycles. The first-order valence-corrected chi connectivity index (χ1v) is 7.55. The van der Waals surface area contributed by atoms with Crippen LogP contribution >= 0.6 is 11.8 Å². The van der Waals surface area contributed by atoms with E-state index in [-0.39, 0.29) is 6.54 Å². The van der Waals surface area contributed by atoms with Gasteiger partial charge in [-0.15, -0.1) is 11.8 Å². The van der Waals surface area contributed by atoms with Gasteiger partial charge < -0.3 is 14.6 Å². The van der Waals surface area contributed by atoms with Gasteiger partial charge in [0, 0.05) is 5.56 Å². The Labute approximate surface area is 123 Å². The minimum atomic E-state index is -0.951. The molecule has 0 saturated carbocycles. The highest BCUT2D eigenvalue weighted by molar-refractivity contribution is 8.13. The van der Waals surface area contributed by atoms with Crippen molar-refractivity contribution in [2.24, 2.45) is 4.99 Å². The first-order valence-electron chi connectivity index (χ1n) is 6.32. The van der Waals surface area contributed by atoms with Gasteiger partial charge in [-0.1, -0.05) is 0 Å². The molecule has 0 aliphatic rings. The minimum Gasteiger partial charge on any atom is -0.490 e. The third-order valence-electron chi connectivity index (χ3n) is 2.34. The van der Waals surface area contributed by atoms with E-state index in [0.717, 1.165) is 5.56 Å².